The Balaban J connectivity index is 1.98. The van der Waals surface area contributed by atoms with Crippen LogP contribution in [-0.2, 0) is 4.79 Å². The summed E-state index contributed by atoms with van der Waals surface area (Å²) >= 11 is 7.49. The van der Waals surface area contributed by atoms with Crippen molar-refractivity contribution < 1.29 is 9.59 Å². The zero-order valence-corrected chi connectivity index (χ0v) is 17.0. The highest BCUT2D eigenvalue weighted by Crippen LogP contribution is 2.14. The highest BCUT2D eigenvalue weighted by atomic mass is 35.5. The van der Waals surface area contributed by atoms with Crippen LogP contribution in [0, 0.1) is 5.92 Å². The number of nitrogens with zero attached hydrogens (tertiary/aromatic N) is 1. The lowest BCUT2D eigenvalue weighted by molar-refractivity contribution is -0.123. The summed E-state index contributed by atoms with van der Waals surface area (Å²) in [4.78, 5) is 25.9. The minimum Gasteiger partial charge on any atom is -0.340 e. The highest BCUT2D eigenvalue weighted by molar-refractivity contribution is 7.98. The van der Waals surface area contributed by atoms with Crippen LogP contribution in [0.25, 0.3) is 0 Å². The number of halogens is 1. The molecule has 1 unspecified atom stereocenters. The number of carbonyl (C=O) groups is 2. The second kappa shape index (κ2) is 10.1. The van der Waals surface area contributed by atoms with Gasteiger partial charge in [0.2, 0.25) is 0 Å². The zero-order valence-electron chi connectivity index (χ0n) is 15.4. The molecule has 2 aromatic rings. The predicted octanol–water partition coefficient (Wildman–Crippen LogP) is 3.97. The topological polar surface area (TPSA) is 70.6 Å². The maximum absolute atomic E-state index is 12.4. The van der Waals surface area contributed by atoms with E-state index in [0.29, 0.717) is 10.6 Å². The molecule has 2 aromatic carbocycles. The van der Waals surface area contributed by atoms with Gasteiger partial charge < -0.3 is 5.32 Å². The van der Waals surface area contributed by atoms with Crippen LogP contribution in [0.15, 0.2) is 58.5 Å². The number of hydrogen-bond donors (Lipinski definition) is 2. The fourth-order valence-electron chi connectivity index (χ4n) is 2.29. The molecule has 0 fully saturated rings. The number of amides is 2. The Bertz CT molecular complexity index is 805. The van der Waals surface area contributed by atoms with E-state index >= 15 is 0 Å². The summed E-state index contributed by atoms with van der Waals surface area (Å²) in [6.07, 6.45) is 3.58. The van der Waals surface area contributed by atoms with Gasteiger partial charge in [0.05, 0.1) is 6.21 Å². The molecular weight excluding hydrogens is 382 g/mol. The molecule has 0 saturated carbocycles. The molecule has 0 saturated heterocycles. The standard InChI is InChI=1S/C20H22ClN3O2S/c1-13(2)18(23-19(25)15-6-8-16(21)9-7-15)20(26)24-22-12-14-4-10-17(27-3)11-5-14/h4-13,18H,1-3H3,(H,23,25)(H,24,26). The number of carbonyl (C=O) groups excluding carboxylic acids is 2. The van der Waals surface area contributed by atoms with Crippen LogP contribution < -0.4 is 10.7 Å². The number of hydrogen-bond acceptors (Lipinski definition) is 4. The quantitative estimate of drug-likeness (QED) is 0.417. The Hall–Kier alpha value is -2.31. The third-order valence-corrected chi connectivity index (χ3v) is 4.84. The summed E-state index contributed by atoms with van der Waals surface area (Å²) in [7, 11) is 0. The Labute approximate surface area is 168 Å². The van der Waals surface area contributed by atoms with Crippen molar-refractivity contribution in [2.75, 3.05) is 6.26 Å². The van der Waals surface area contributed by atoms with Gasteiger partial charge >= 0.3 is 0 Å². The molecule has 2 N–H and O–H groups in total. The average molecular weight is 404 g/mol. The molecule has 1 atom stereocenters. The minimum absolute atomic E-state index is 0.0997. The Morgan fingerprint density at radius 2 is 1.70 bits per heavy atom. The lowest BCUT2D eigenvalue weighted by atomic mass is 10.0. The number of nitrogens with one attached hydrogen (secondary N) is 2. The van der Waals surface area contributed by atoms with Crippen LogP contribution in [0.3, 0.4) is 0 Å². The third kappa shape index (κ3) is 6.41. The van der Waals surface area contributed by atoms with Crippen LogP contribution in [0.4, 0.5) is 0 Å². The molecule has 0 spiro atoms. The first-order valence-electron chi connectivity index (χ1n) is 8.44. The predicted molar refractivity (Wildman–Crippen MR) is 112 cm³/mol. The summed E-state index contributed by atoms with van der Waals surface area (Å²) < 4.78 is 0. The van der Waals surface area contributed by atoms with Crippen molar-refractivity contribution in [1.29, 1.82) is 0 Å². The van der Waals surface area contributed by atoms with E-state index in [1.54, 1.807) is 42.2 Å². The van der Waals surface area contributed by atoms with E-state index in [2.05, 4.69) is 15.8 Å². The van der Waals surface area contributed by atoms with Crippen molar-refractivity contribution in [1.82, 2.24) is 10.7 Å². The van der Waals surface area contributed by atoms with E-state index in [9.17, 15) is 9.59 Å². The molecule has 0 aliphatic carbocycles. The molecule has 7 heteroatoms. The SMILES string of the molecule is CSc1ccc(C=NNC(=O)C(NC(=O)c2ccc(Cl)cc2)C(C)C)cc1. The minimum atomic E-state index is -0.704. The van der Waals surface area contributed by atoms with Gasteiger partial charge in [-0.3, -0.25) is 9.59 Å². The molecule has 0 heterocycles. The van der Waals surface area contributed by atoms with E-state index in [-0.39, 0.29) is 17.7 Å². The van der Waals surface area contributed by atoms with Gasteiger partial charge in [0, 0.05) is 15.5 Å². The van der Waals surface area contributed by atoms with Gasteiger partial charge in [0.25, 0.3) is 11.8 Å². The van der Waals surface area contributed by atoms with Crippen LogP contribution in [-0.4, -0.2) is 30.3 Å². The Kier molecular flexibility index (Phi) is 7.88. The molecule has 0 aliphatic heterocycles. The third-order valence-electron chi connectivity index (χ3n) is 3.85. The number of thioether (sulfide) groups is 1. The molecule has 0 bridgehead atoms. The average Bonchev–Trinajstić information content (AvgIpc) is 2.66. The first-order valence-corrected chi connectivity index (χ1v) is 10.0. The zero-order chi connectivity index (χ0) is 19.8. The fourth-order valence-corrected chi connectivity index (χ4v) is 2.82. The van der Waals surface area contributed by atoms with Crippen molar-refractivity contribution in [3.63, 3.8) is 0 Å². The maximum Gasteiger partial charge on any atom is 0.262 e. The number of benzene rings is 2. The van der Waals surface area contributed by atoms with Gasteiger partial charge in [-0.05, 0) is 54.1 Å². The molecule has 2 rings (SSSR count). The monoisotopic (exact) mass is 403 g/mol. The van der Waals surface area contributed by atoms with Crippen molar-refractivity contribution in [3.05, 3.63) is 64.7 Å². The van der Waals surface area contributed by atoms with Gasteiger partial charge in [-0.25, -0.2) is 5.43 Å². The van der Waals surface area contributed by atoms with Crippen LogP contribution in [0.5, 0.6) is 0 Å². The van der Waals surface area contributed by atoms with Crippen LogP contribution in [0.1, 0.15) is 29.8 Å². The van der Waals surface area contributed by atoms with E-state index in [4.69, 9.17) is 11.6 Å². The highest BCUT2D eigenvalue weighted by Gasteiger charge is 2.24. The molecular formula is C20H22ClN3O2S. The smallest absolute Gasteiger partial charge is 0.262 e. The van der Waals surface area contributed by atoms with E-state index in [1.807, 2.05) is 44.4 Å². The first-order chi connectivity index (χ1) is 12.9. The van der Waals surface area contributed by atoms with Crippen molar-refractivity contribution in [2.24, 2.45) is 11.0 Å². The summed E-state index contributed by atoms with van der Waals surface area (Å²) in [5.74, 6) is -0.807. The summed E-state index contributed by atoms with van der Waals surface area (Å²) in [6.45, 7) is 3.72. The molecule has 0 radical (unpaired) electrons. The van der Waals surface area contributed by atoms with E-state index in [0.717, 1.165) is 10.5 Å². The summed E-state index contributed by atoms with van der Waals surface area (Å²) in [5.41, 5.74) is 3.81. The largest absolute Gasteiger partial charge is 0.340 e. The van der Waals surface area contributed by atoms with Crippen molar-refractivity contribution in [2.45, 2.75) is 24.8 Å². The van der Waals surface area contributed by atoms with Crippen LogP contribution in [0.2, 0.25) is 5.02 Å². The lowest BCUT2D eigenvalue weighted by Crippen LogP contribution is -2.48. The molecule has 0 aliphatic rings. The molecule has 27 heavy (non-hydrogen) atoms. The summed E-state index contributed by atoms with van der Waals surface area (Å²) in [5, 5.41) is 7.28. The number of hydrazone groups is 1. The van der Waals surface area contributed by atoms with Crippen molar-refractivity contribution >= 4 is 41.4 Å². The maximum atomic E-state index is 12.4. The molecule has 0 aromatic heterocycles. The Morgan fingerprint density at radius 3 is 2.26 bits per heavy atom. The fraction of sp³-hybridized carbons (Fsp3) is 0.250. The first kappa shape index (κ1) is 21.0. The van der Waals surface area contributed by atoms with Gasteiger partial charge in [-0.15, -0.1) is 11.8 Å². The lowest BCUT2D eigenvalue weighted by Gasteiger charge is -2.20. The van der Waals surface area contributed by atoms with E-state index < -0.39 is 6.04 Å². The van der Waals surface area contributed by atoms with Crippen LogP contribution >= 0.6 is 23.4 Å². The normalized spacial score (nSPS) is 12.2. The van der Waals surface area contributed by atoms with Gasteiger partial charge in [-0.2, -0.15) is 5.10 Å². The molecule has 2 amide bonds. The Morgan fingerprint density at radius 1 is 1.07 bits per heavy atom. The second-order valence-electron chi connectivity index (χ2n) is 6.21. The van der Waals surface area contributed by atoms with Crippen molar-refractivity contribution in [3.8, 4) is 0 Å². The van der Waals surface area contributed by atoms with Gasteiger partial charge in [0.1, 0.15) is 6.04 Å². The second-order valence-corrected chi connectivity index (χ2v) is 7.53. The number of rotatable bonds is 7. The molecule has 142 valence electrons. The molecule has 5 nitrogen and oxygen atoms in total. The summed E-state index contributed by atoms with van der Waals surface area (Å²) in [6, 6.07) is 13.6. The van der Waals surface area contributed by atoms with E-state index in [1.165, 1.54) is 0 Å². The van der Waals surface area contributed by atoms with Gasteiger partial charge in [0.15, 0.2) is 0 Å². The van der Waals surface area contributed by atoms with Gasteiger partial charge in [-0.1, -0.05) is 37.6 Å².